The van der Waals surface area contributed by atoms with Gasteiger partial charge in [0.25, 0.3) is 0 Å². The van der Waals surface area contributed by atoms with E-state index in [1.807, 2.05) is 0 Å². The van der Waals surface area contributed by atoms with Crippen LogP contribution in [0.4, 0.5) is 5.69 Å². The van der Waals surface area contributed by atoms with E-state index in [2.05, 4.69) is 54.1 Å². The first-order valence-corrected chi connectivity index (χ1v) is 9.45. The quantitative estimate of drug-likeness (QED) is 0.862. The van der Waals surface area contributed by atoms with Gasteiger partial charge < -0.3 is 15.0 Å². The van der Waals surface area contributed by atoms with Gasteiger partial charge in [-0.3, -0.25) is 0 Å². The Kier molecular flexibility index (Phi) is 6.18. The van der Waals surface area contributed by atoms with Crippen LogP contribution in [-0.2, 0) is 4.74 Å². The number of nitrogens with one attached hydrogen (secondary N) is 1. The van der Waals surface area contributed by atoms with Crippen molar-refractivity contribution < 1.29 is 4.74 Å². The summed E-state index contributed by atoms with van der Waals surface area (Å²) in [7, 11) is 0. The van der Waals surface area contributed by atoms with Crippen molar-refractivity contribution in [2.24, 2.45) is 5.92 Å². The van der Waals surface area contributed by atoms with Gasteiger partial charge in [0.2, 0.25) is 0 Å². The summed E-state index contributed by atoms with van der Waals surface area (Å²) in [5, 5.41) is 3.40. The summed E-state index contributed by atoms with van der Waals surface area (Å²) in [5.74, 6) is 7.48. The van der Waals surface area contributed by atoms with E-state index >= 15 is 0 Å². The number of ether oxygens (including phenoxy) is 1. The first-order chi connectivity index (χ1) is 11.8. The first-order valence-electron chi connectivity index (χ1n) is 9.45. The fourth-order valence-electron chi connectivity index (χ4n) is 3.77. The minimum Gasteiger partial charge on any atom is -0.381 e. The van der Waals surface area contributed by atoms with E-state index in [9.17, 15) is 0 Å². The summed E-state index contributed by atoms with van der Waals surface area (Å²) in [6, 6.07) is 7.28. The van der Waals surface area contributed by atoms with Crippen molar-refractivity contribution in [1.29, 1.82) is 0 Å². The van der Waals surface area contributed by atoms with Crippen molar-refractivity contribution in [1.82, 2.24) is 5.32 Å². The van der Waals surface area contributed by atoms with Gasteiger partial charge in [-0.15, -0.1) is 0 Å². The molecule has 1 N–H and O–H groups in total. The van der Waals surface area contributed by atoms with E-state index in [1.165, 1.54) is 24.1 Å². The van der Waals surface area contributed by atoms with Crippen LogP contribution in [0.1, 0.15) is 43.7 Å². The monoisotopic (exact) mass is 326 g/mol. The Balaban J connectivity index is 1.78. The third-order valence-corrected chi connectivity index (χ3v) is 5.25. The standard InChI is InChI=1S/C21H30N2O/c1-3-23(20-10-14-24-15-11-20)21-16-19(5-4-17(21)2)7-6-18-8-12-22-13-9-18/h4-5,16,18,20,22H,3,8-15H2,1-2H3. The molecule has 0 bridgehead atoms. The second kappa shape index (κ2) is 8.55. The van der Waals surface area contributed by atoms with E-state index in [0.29, 0.717) is 12.0 Å². The molecule has 0 radical (unpaired) electrons. The summed E-state index contributed by atoms with van der Waals surface area (Å²) in [6.07, 6.45) is 4.60. The maximum Gasteiger partial charge on any atom is 0.0485 e. The zero-order valence-corrected chi connectivity index (χ0v) is 15.1. The third kappa shape index (κ3) is 4.32. The molecule has 0 aromatic heterocycles. The number of anilines is 1. The lowest BCUT2D eigenvalue weighted by Gasteiger charge is -2.36. The van der Waals surface area contributed by atoms with Crippen LogP contribution in [0.25, 0.3) is 0 Å². The Morgan fingerprint density at radius 1 is 1.17 bits per heavy atom. The van der Waals surface area contributed by atoms with Gasteiger partial charge in [0, 0.05) is 43.0 Å². The van der Waals surface area contributed by atoms with Gasteiger partial charge in [-0.2, -0.15) is 0 Å². The van der Waals surface area contributed by atoms with Crippen LogP contribution < -0.4 is 10.2 Å². The number of piperidine rings is 1. The highest BCUT2D eigenvalue weighted by atomic mass is 16.5. The molecule has 2 heterocycles. The molecule has 130 valence electrons. The van der Waals surface area contributed by atoms with Crippen molar-refractivity contribution in [3.05, 3.63) is 29.3 Å². The molecular weight excluding hydrogens is 296 g/mol. The van der Waals surface area contributed by atoms with Gasteiger partial charge in [-0.1, -0.05) is 17.9 Å². The molecule has 1 aromatic carbocycles. The van der Waals surface area contributed by atoms with Crippen LogP contribution >= 0.6 is 0 Å². The molecule has 2 fully saturated rings. The van der Waals surface area contributed by atoms with Crippen LogP contribution in [0.2, 0.25) is 0 Å². The van der Waals surface area contributed by atoms with Gasteiger partial charge in [-0.05, 0) is 70.3 Å². The highest BCUT2D eigenvalue weighted by Gasteiger charge is 2.21. The van der Waals surface area contributed by atoms with Gasteiger partial charge in [0.1, 0.15) is 0 Å². The highest BCUT2D eigenvalue weighted by Crippen LogP contribution is 2.27. The summed E-state index contributed by atoms with van der Waals surface area (Å²) in [4.78, 5) is 2.55. The lowest BCUT2D eigenvalue weighted by Crippen LogP contribution is -2.39. The molecule has 0 saturated carbocycles. The topological polar surface area (TPSA) is 24.5 Å². The molecule has 0 amide bonds. The molecule has 0 unspecified atom stereocenters. The maximum absolute atomic E-state index is 5.54. The van der Waals surface area contributed by atoms with Crippen molar-refractivity contribution >= 4 is 5.69 Å². The fourth-order valence-corrected chi connectivity index (χ4v) is 3.77. The number of hydrogen-bond donors (Lipinski definition) is 1. The molecule has 2 aliphatic rings. The molecule has 0 spiro atoms. The fraction of sp³-hybridized carbons (Fsp3) is 0.619. The van der Waals surface area contributed by atoms with Crippen LogP contribution in [0.5, 0.6) is 0 Å². The molecule has 0 atom stereocenters. The van der Waals surface area contributed by atoms with Gasteiger partial charge in [0.15, 0.2) is 0 Å². The predicted molar refractivity (Wildman–Crippen MR) is 101 cm³/mol. The zero-order valence-electron chi connectivity index (χ0n) is 15.1. The van der Waals surface area contributed by atoms with Gasteiger partial charge in [0.05, 0.1) is 0 Å². The van der Waals surface area contributed by atoms with Crippen LogP contribution in [0.15, 0.2) is 18.2 Å². The zero-order chi connectivity index (χ0) is 16.8. The first kappa shape index (κ1) is 17.3. The van der Waals surface area contributed by atoms with Crippen molar-refractivity contribution in [2.45, 2.75) is 45.6 Å². The predicted octanol–water partition coefficient (Wildman–Crippen LogP) is 3.35. The summed E-state index contributed by atoms with van der Waals surface area (Å²) in [5.41, 5.74) is 3.84. The molecule has 2 saturated heterocycles. The Morgan fingerprint density at radius 3 is 2.62 bits per heavy atom. The summed E-state index contributed by atoms with van der Waals surface area (Å²) < 4.78 is 5.54. The Morgan fingerprint density at radius 2 is 1.92 bits per heavy atom. The summed E-state index contributed by atoms with van der Waals surface area (Å²) in [6.45, 7) is 9.48. The number of nitrogens with zero attached hydrogens (tertiary/aromatic N) is 1. The Bertz CT molecular complexity index is 590. The third-order valence-electron chi connectivity index (χ3n) is 5.25. The van der Waals surface area contributed by atoms with E-state index in [1.54, 1.807) is 0 Å². The lowest BCUT2D eigenvalue weighted by molar-refractivity contribution is 0.0846. The van der Waals surface area contributed by atoms with Crippen LogP contribution in [-0.4, -0.2) is 38.9 Å². The Hall–Kier alpha value is -1.50. The van der Waals surface area contributed by atoms with Gasteiger partial charge in [-0.25, -0.2) is 0 Å². The van der Waals surface area contributed by atoms with E-state index in [4.69, 9.17) is 4.74 Å². The average Bonchev–Trinajstić information content (AvgIpc) is 2.64. The molecule has 3 nitrogen and oxygen atoms in total. The highest BCUT2D eigenvalue weighted by molar-refractivity contribution is 5.58. The molecule has 2 aliphatic heterocycles. The lowest BCUT2D eigenvalue weighted by atomic mass is 9.98. The van der Waals surface area contributed by atoms with Crippen molar-refractivity contribution in [3.8, 4) is 11.8 Å². The smallest absolute Gasteiger partial charge is 0.0485 e. The van der Waals surface area contributed by atoms with Crippen molar-refractivity contribution in [3.63, 3.8) is 0 Å². The number of benzene rings is 1. The molecule has 0 aliphatic carbocycles. The normalized spacial score (nSPS) is 19.6. The van der Waals surface area contributed by atoms with Gasteiger partial charge >= 0.3 is 0 Å². The second-order valence-corrected chi connectivity index (χ2v) is 6.92. The van der Waals surface area contributed by atoms with E-state index < -0.39 is 0 Å². The number of hydrogen-bond acceptors (Lipinski definition) is 3. The minimum atomic E-state index is 0.550. The largest absolute Gasteiger partial charge is 0.381 e. The van der Waals surface area contributed by atoms with Crippen molar-refractivity contribution in [2.75, 3.05) is 37.7 Å². The number of rotatable bonds is 3. The second-order valence-electron chi connectivity index (χ2n) is 6.92. The average molecular weight is 326 g/mol. The molecule has 3 heteroatoms. The molecular formula is C21H30N2O. The Labute approximate surface area is 146 Å². The molecule has 3 rings (SSSR count). The van der Waals surface area contributed by atoms with E-state index in [0.717, 1.165) is 51.3 Å². The molecule has 24 heavy (non-hydrogen) atoms. The number of aryl methyl sites for hydroxylation is 1. The SMILES string of the molecule is CCN(c1cc(C#CC2CCNCC2)ccc1C)C1CCOCC1. The van der Waals surface area contributed by atoms with E-state index in [-0.39, 0.29) is 0 Å². The maximum atomic E-state index is 5.54. The van der Waals surface area contributed by atoms with Crippen LogP contribution in [0.3, 0.4) is 0 Å². The minimum absolute atomic E-state index is 0.550. The van der Waals surface area contributed by atoms with Crippen LogP contribution in [0, 0.1) is 24.7 Å². The summed E-state index contributed by atoms with van der Waals surface area (Å²) >= 11 is 0. The molecule has 1 aromatic rings.